The van der Waals surface area contributed by atoms with Crippen molar-refractivity contribution >= 4 is 17.2 Å². The van der Waals surface area contributed by atoms with Crippen LogP contribution in [0.3, 0.4) is 0 Å². The number of likely N-dealkylation sites (N-methyl/N-ethyl adjacent to an activating group) is 1. The number of fused-ring (bicyclic) bond motifs is 1. The Bertz CT molecular complexity index is 805. The van der Waals surface area contributed by atoms with Crippen LogP contribution >= 0.6 is 0 Å². The summed E-state index contributed by atoms with van der Waals surface area (Å²) in [6, 6.07) is 4.51. The molecule has 0 amide bonds. The van der Waals surface area contributed by atoms with Gasteiger partial charge in [-0.2, -0.15) is 0 Å². The minimum Gasteiger partial charge on any atom is -0.466 e. The average Bonchev–Trinajstić information content (AvgIpc) is 2.84. The van der Waals surface area contributed by atoms with E-state index in [1.165, 1.54) is 30.5 Å². The number of esters is 1. The maximum Gasteiger partial charge on any atom is 0.330 e. The molecule has 0 aliphatic carbocycles. The molecule has 2 unspecified atom stereocenters. The second kappa shape index (κ2) is 7.90. The SMILES string of the molecule is COC(=O)/C=C(C)/C=C/C(F)=C(/C)c1ccc2c(c1C)C(C)C(C)N2C. The third-order valence-electron chi connectivity index (χ3n) is 5.46. The first-order chi connectivity index (χ1) is 12.2. The van der Waals surface area contributed by atoms with Crippen molar-refractivity contribution < 1.29 is 13.9 Å². The van der Waals surface area contributed by atoms with Crippen molar-refractivity contribution in [1.29, 1.82) is 0 Å². The second-order valence-corrected chi connectivity index (χ2v) is 7.03. The van der Waals surface area contributed by atoms with Gasteiger partial charge >= 0.3 is 5.97 Å². The van der Waals surface area contributed by atoms with Crippen molar-refractivity contribution in [2.75, 3.05) is 19.1 Å². The molecule has 0 radical (unpaired) electrons. The third-order valence-corrected chi connectivity index (χ3v) is 5.46. The van der Waals surface area contributed by atoms with Gasteiger partial charge in [-0.3, -0.25) is 0 Å². The van der Waals surface area contributed by atoms with Crippen molar-refractivity contribution in [3.63, 3.8) is 0 Å². The molecule has 1 aliphatic heterocycles. The lowest BCUT2D eigenvalue weighted by Crippen LogP contribution is -2.25. The molecule has 0 aromatic heterocycles. The Morgan fingerprint density at radius 3 is 2.50 bits per heavy atom. The van der Waals surface area contributed by atoms with Gasteiger partial charge in [-0.05, 0) is 67.7 Å². The average molecular weight is 357 g/mol. The molecular weight excluding hydrogens is 329 g/mol. The molecule has 0 saturated heterocycles. The van der Waals surface area contributed by atoms with E-state index in [1.807, 2.05) is 6.07 Å². The number of allylic oxidation sites excluding steroid dienone is 5. The first-order valence-electron chi connectivity index (χ1n) is 8.86. The lowest BCUT2D eigenvalue weighted by molar-refractivity contribution is -0.134. The van der Waals surface area contributed by atoms with Gasteiger partial charge in [0.15, 0.2) is 0 Å². The summed E-state index contributed by atoms with van der Waals surface area (Å²) in [7, 11) is 3.42. The van der Waals surface area contributed by atoms with Gasteiger partial charge in [0.25, 0.3) is 0 Å². The number of anilines is 1. The molecule has 0 spiro atoms. The first kappa shape index (κ1) is 20.0. The van der Waals surface area contributed by atoms with Crippen LogP contribution in [0.1, 0.15) is 50.3 Å². The quantitative estimate of drug-likeness (QED) is 0.415. The molecule has 1 heterocycles. The largest absolute Gasteiger partial charge is 0.466 e. The fraction of sp³-hybridized carbons (Fsp3) is 0.409. The van der Waals surface area contributed by atoms with E-state index in [2.05, 4.69) is 43.5 Å². The molecule has 1 aliphatic rings. The van der Waals surface area contributed by atoms with Gasteiger partial charge in [0.1, 0.15) is 5.83 Å². The van der Waals surface area contributed by atoms with Crippen LogP contribution < -0.4 is 4.90 Å². The van der Waals surface area contributed by atoms with Crippen LogP contribution in [-0.2, 0) is 9.53 Å². The number of hydrogen-bond acceptors (Lipinski definition) is 3. The summed E-state index contributed by atoms with van der Waals surface area (Å²) >= 11 is 0. The molecule has 4 heteroatoms. The zero-order valence-corrected chi connectivity index (χ0v) is 16.7. The highest BCUT2D eigenvalue weighted by Crippen LogP contribution is 2.43. The Kier molecular flexibility index (Phi) is 6.06. The van der Waals surface area contributed by atoms with E-state index >= 15 is 0 Å². The normalized spacial score (nSPS) is 21.1. The first-order valence-corrected chi connectivity index (χ1v) is 8.86. The van der Waals surface area contributed by atoms with E-state index in [0.717, 1.165) is 11.1 Å². The Morgan fingerprint density at radius 2 is 1.88 bits per heavy atom. The van der Waals surface area contributed by atoms with Crippen LogP contribution in [0.15, 0.2) is 41.8 Å². The molecular formula is C22H28FNO2. The Balaban J connectivity index is 2.38. The van der Waals surface area contributed by atoms with E-state index in [-0.39, 0.29) is 5.83 Å². The van der Waals surface area contributed by atoms with E-state index in [4.69, 9.17) is 0 Å². The second-order valence-electron chi connectivity index (χ2n) is 7.03. The fourth-order valence-corrected chi connectivity index (χ4v) is 3.55. The standard InChI is InChI=1S/C22H28FNO2/c1-13(12-21(25)26-7)8-10-19(23)15(3)18-9-11-20-22(16(18)4)14(2)17(5)24(20)6/h8-12,14,17H,1-7H3/b10-8+,13-12+,19-15+. The van der Waals surface area contributed by atoms with Crippen LogP contribution in [0.25, 0.3) is 5.57 Å². The zero-order valence-electron chi connectivity index (χ0n) is 16.7. The monoisotopic (exact) mass is 357 g/mol. The van der Waals surface area contributed by atoms with Crippen molar-refractivity contribution in [2.45, 2.75) is 46.6 Å². The molecule has 26 heavy (non-hydrogen) atoms. The number of nitrogens with zero attached hydrogens (tertiary/aromatic N) is 1. The number of hydrogen-bond donors (Lipinski definition) is 0. The molecule has 2 rings (SSSR count). The minimum absolute atomic E-state index is 0.308. The fourth-order valence-electron chi connectivity index (χ4n) is 3.55. The van der Waals surface area contributed by atoms with Gasteiger partial charge in [0.2, 0.25) is 0 Å². The number of ether oxygens (including phenoxy) is 1. The molecule has 0 N–H and O–H groups in total. The molecule has 1 aromatic carbocycles. The van der Waals surface area contributed by atoms with Crippen molar-refractivity contribution in [3.05, 3.63) is 58.5 Å². The van der Waals surface area contributed by atoms with Gasteiger partial charge in [0, 0.05) is 30.8 Å². The van der Waals surface area contributed by atoms with Gasteiger partial charge in [-0.25, -0.2) is 9.18 Å². The van der Waals surface area contributed by atoms with Gasteiger partial charge in [-0.15, -0.1) is 0 Å². The molecule has 0 bridgehead atoms. The maximum atomic E-state index is 14.7. The van der Waals surface area contributed by atoms with Crippen LogP contribution in [0.4, 0.5) is 10.1 Å². The summed E-state index contributed by atoms with van der Waals surface area (Å²) < 4.78 is 19.3. The minimum atomic E-state index is -0.449. The maximum absolute atomic E-state index is 14.7. The summed E-state index contributed by atoms with van der Waals surface area (Å²) in [5.74, 6) is -0.348. The summed E-state index contributed by atoms with van der Waals surface area (Å²) in [5, 5.41) is 0. The molecule has 0 fully saturated rings. The third kappa shape index (κ3) is 3.74. The Hall–Kier alpha value is -2.36. The number of carbonyl (C=O) groups excluding carboxylic acids is 1. The van der Waals surface area contributed by atoms with Crippen LogP contribution in [0, 0.1) is 6.92 Å². The van der Waals surface area contributed by atoms with Crippen molar-refractivity contribution in [1.82, 2.24) is 0 Å². The summed E-state index contributed by atoms with van der Waals surface area (Å²) in [4.78, 5) is 13.5. The Labute approximate surface area is 155 Å². The summed E-state index contributed by atoms with van der Waals surface area (Å²) in [6.45, 7) is 10.0. The zero-order chi connectivity index (χ0) is 19.6. The predicted molar refractivity (Wildman–Crippen MR) is 106 cm³/mol. The highest BCUT2D eigenvalue weighted by atomic mass is 19.1. The lowest BCUT2D eigenvalue weighted by atomic mass is 9.89. The number of halogens is 1. The Morgan fingerprint density at radius 1 is 1.23 bits per heavy atom. The topological polar surface area (TPSA) is 29.5 Å². The van der Waals surface area contributed by atoms with E-state index < -0.39 is 5.97 Å². The van der Waals surface area contributed by atoms with E-state index in [9.17, 15) is 9.18 Å². The number of methoxy groups -OCH3 is 1. The highest BCUT2D eigenvalue weighted by Gasteiger charge is 2.32. The van der Waals surface area contributed by atoms with Crippen LogP contribution in [0.2, 0.25) is 0 Å². The van der Waals surface area contributed by atoms with Gasteiger partial charge in [-0.1, -0.05) is 19.1 Å². The van der Waals surface area contributed by atoms with Crippen molar-refractivity contribution in [3.8, 4) is 0 Å². The van der Waals surface area contributed by atoms with Crippen LogP contribution in [0.5, 0.6) is 0 Å². The number of carbonyl (C=O) groups is 1. The lowest BCUT2D eigenvalue weighted by Gasteiger charge is -2.20. The molecule has 2 atom stereocenters. The predicted octanol–water partition coefficient (Wildman–Crippen LogP) is 5.31. The summed E-state index contributed by atoms with van der Waals surface area (Å²) in [6.07, 6.45) is 4.31. The van der Waals surface area contributed by atoms with E-state index in [0.29, 0.717) is 23.1 Å². The summed E-state index contributed by atoms with van der Waals surface area (Å²) in [5.41, 5.74) is 5.82. The van der Waals surface area contributed by atoms with Crippen molar-refractivity contribution in [2.24, 2.45) is 0 Å². The van der Waals surface area contributed by atoms with Gasteiger partial charge in [0.05, 0.1) is 7.11 Å². The molecule has 0 saturated carbocycles. The van der Waals surface area contributed by atoms with Gasteiger partial charge < -0.3 is 9.64 Å². The van der Waals surface area contributed by atoms with Crippen LogP contribution in [-0.4, -0.2) is 26.2 Å². The number of rotatable bonds is 4. The molecule has 140 valence electrons. The molecule has 3 nitrogen and oxygen atoms in total. The van der Waals surface area contributed by atoms with E-state index in [1.54, 1.807) is 19.9 Å². The molecule has 1 aromatic rings. The smallest absolute Gasteiger partial charge is 0.330 e. The highest BCUT2D eigenvalue weighted by molar-refractivity contribution is 5.83. The number of benzene rings is 1.